The second-order valence-corrected chi connectivity index (χ2v) is 4.50. The van der Waals surface area contributed by atoms with Crippen LogP contribution < -0.4 is 11.0 Å². The lowest BCUT2D eigenvalue weighted by Crippen LogP contribution is -2.14. The van der Waals surface area contributed by atoms with Crippen LogP contribution in [-0.2, 0) is 6.54 Å². The molecule has 0 aliphatic heterocycles. The molecule has 0 aliphatic carbocycles. The topological polar surface area (TPSA) is 75.1 Å². The van der Waals surface area contributed by atoms with E-state index in [1.54, 1.807) is 13.0 Å². The fraction of sp³-hybridized carbons (Fsp3) is 0.154. The van der Waals surface area contributed by atoms with Gasteiger partial charge in [0.15, 0.2) is 5.65 Å². The average molecular weight is 291 g/mol. The normalized spacial score (nSPS) is 11.0. The van der Waals surface area contributed by atoms with E-state index in [9.17, 15) is 13.6 Å². The number of aromatic amines is 1. The summed E-state index contributed by atoms with van der Waals surface area (Å²) in [5.74, 6) is -0.152. The van der Waals surface area contributed by atoms with Gasteiger partial charge in [-0.1, -0.05) is 0 Å². The van der Waals surface area contributed by atoms with Gasteiger partial charge in [-0.25, -0.2) is 28.1 Å². The molecule has 2 heterocycles. The SMILES string of the molecule is Cc1nc(NCc2cc(F)ccc2F)cc2n[nH]c(=O)n12. The van der Waals surface area contributed by atoms with Crippen molar-refractivity contribution in [2.45, 2.75) is 13.5 Å². The summed E-state index contributed by atoms with van der Waals surface area (Å²) in [6.45, 7) is 1.72. The molecule has 108 valence electrons. The van der Waals surface area contributed by atoms with Crippen LogP contribution in [0, 0.1) is 18.6 Å². The monoisotopic (exact) mass is 291 g/mol. The minimum Gasteiger partial charge on any atom is -0.366 e. The van der Waals surface area contributed by atoms with E-state index in [-0.39, 0.29) is 17.8 Å². The van der Waals surface area contributed by atoms with E-state index < -0.39 is 11.6 Å². The Hall–Kier alpha value is -2.77. The number of fused-ring (bicyclic) bond motifs is 1. The summed E-state index contributed by atoms with van der Waals surface area (Å²) in [6.07, 6.45) is 0. The standard InChI is InChI=1S/C13H11F2N5O/c1-7-17-11(5-12-18-19-13(21)20(7)12)16-6-8-4-9(14)2-3-10(8)15/h2-5,16H,6H2,1H3,(H,19,21). The second-order valence-electron chi connectivity index (χ2n) is 4.50. The summed E-state index contributed by atoms with van der Waals surface area (Å²) < 4.78 is 27.9. The van der Waals surface area contributed by atoms with Gasteiger partial charge < -0.3 is 5.32 Å². The quantitative estimate of drug-likeness (QED) is 0.769. The van der Waals surface area contributed by atoms with E-state index >= 15 is 0 Å². The van der Waals surface area contributed by atoms with Crippen molar-refractivity contribution in [1.82, 2.24) is 19.6 Å². The first-order valence-corrected chi connectivity index (χ1v) is 6.17. The maximum Gasteiger partial charge on any atom is 0.349 e. The number of aromatic nitrogens is 4. The molecule has 0 bridgehead atoms. The molecule has 3 rings (SSSR count). The number of halogens is 2. The third kappa shape index (κ3) is 2.47. The Morgan fingerprint density at radius 1 is 1.33 bits per heavy atom. The molecule has 0 fully saturated rings. The molecule has 3 aromatic rings. The molecule has 0 saturated carbocycles. The maximum atomic E-state index is 13.5. The van der Waals surface area contributed by atoms with Crippen LogP contribution in [0.5, 0.6) is 0 Å². The third-order valence-corrected chi connectivity index (χ3v) is 3.04. The van der Waals surface area contributed by atoms with Gasteiger partial charge in [-0.15, -0.1) is 0 Å². The molecular formula is C13H11F2N5O. The van der Waals surface area contributed by atoms with Crippen molar-refractivity contribution < 1.29 is 8.78 Å². The number of aryl methyl sites for hydroxylation is 1. The predicted molar refractivity (Wildman–Crippen MR) is 72.0 cm³/mol. The largest absolute Gasteiger partial charge is 0.366 e. The number of anilines is 1. The molecule has 0 spiro atoms. The molecule has 0 unspecified atom stereocenters. The molecule has 1 aromatic carbocycles. The van der Waals surface area contributed by atoms with Crippen LogP contribution in [0.3, 0.4) is 0 Å². The minimum absolute atomic E-state index is 0.0703. The average Bonchev–Trinajstić information content (AvgIpc) is 2.82. The first-order chi connectivity index (χ1) is 10.0. The van der Waals surface area contributed by atoms with Crippen molar-refractivity contribution in [3.05, 3.63) is 57.8 Å². The molecule has 0 aliphatic rings. The Labute approximate surface area is 117 Å². The fourth-order valence-electron chi connectivity index (χ4n) is 2.05. The summed E-state index contributed by atoms with van der Waals surface area (Å²) in [7, 11) is 0. The van der Waals surface area contributed by atoms with Gasteiger partial charge in [0, 0.05) is 18.2 Å². The molecular weight excluding hydrogens is 280 g/mol. The fourth-order valence-corrected chi connectivity index (χ4v) is 2.05. The highest BCUT2D eigenvalue weighted by Crippen LogP contribution is 2.13. The molecule has 0 amide bonds. The first kappa shape index (κ1) is 13.2. The Balaban J connectivity index is 1.88. The Bertz CT molecular complexity index is 871. The summed E-state index contributed by atoms with van der Waals surface area (Å²) in [6, 6.07) is 4.79. The van der Waals surface area contributed by atoms with Crippen molar-refractivity contribution in [3.8, 4) is 0 Å². The summed E-state index contributed by atoms with van der Waals surface area (Å²) >= 11 is 0. The van der Waals surface area contributed by atoms with E-state index in [1.807, 2.05) is 0 Å². The minimum atomic E-state index is -0.508. The molecule has 0 saturated heterocycles. The van der Waals surface area contributed by atoms with Crippen LogP contribution in [-0.4, -0.2) is 19.6 Å². The van der Waals surface area contributed by atoms with Gasteiger partial charge in [-0.3, -0.25) is 0 Å². The highest BCUT2D eigenvalue weighted by atomic mass is 19.1. The molecule has 6 nitrogen and oxygen atoms in total. The van der Waals surface area contributed by atoms with Gasteiger partial charge in [0.1, 0.15) is 23.3 Å². The van der Waals surface area contributed by atoms with E-state index in [0.29, 0.717) is 17.3 Å². The van der Waals surface area contributed by atoms with Crippen molar-refractivity contribution in [3.63, 3.8) is 0 Å². The molecule has 0 atom stereocenters. The predicted octanol–water partition coefficient (Wildman–Crippen LogP) is 1.62. The number of benzene rings is 1. The first-order valence-electron chi connectivity index (χ1n) is 6.17. The van der Waals surface area contributed by atoms with Gasteiger partial charge in [0.2, 0.25) is 0 Å². The van der Waals surface area contributed by atoms with Crippen molar-refractivity contribution in [2.75, 3.05) is 5.32 Å². The Kier molecular flexibility index (Phi) is 3.13. The number of hydrogen-bond acceptors (Lipinski definition) is 4. The van der Waals surface area contributed by atoms with Gasteiger partial charge in [0.05, 0.1) is 0 Å². The summed E-state index contributed by atoms with van der Waals surface area (Å²) in [5, 5.41) is 9.04. The van der Waals surface area contributed by atoms with Crippen LogP contribution in [0.25, 0.3) is 5.65 Å². The van der Waals surface area contributed by atoms with Crippen molar-refractivity contribution >= 4 is 11.5 Å². The zero-order valence-corrected chi connectivity index (χ0v) is 11.0. The van der Waals surface area contributed by atoms with Gasteiger partial charge in [0.25, 0.3) is 0 Å². The molecule has 2 aromatic heterocycles. The lowest BCUT2D eigenvalue weighted by atomic mass is 10.2. The van der Waals surface area contributed by atoms with Crippen LogP contribution in [0.1, 0.15) is 11.4 Å². The third-order valence-electron chi connectivity index (χ3n) is 3.04. The lowest BCUT2D eigenvalue weighted by molar-refractivity contribution is 0.587. The Morgan fingerprint density at radius 2 is 2.14 bits per heavy atom. The smallest absolute Gasteiger partial charge is 0.349 e. The highest BCUT2D eigenvalue weighted by molar-refractivity contribution is 5.49. The van der Waals surface area contributed by atoms with E-state index in [1.165, 1.54) is 4.40 Å². The molecule has 21 heavy (non-hydrogen) atoms. The van der Waals surface area contributed by atoms with Crippen LogP contribution >= 0.6 is 0 Å². The molecule has 8 heteroatoms. The summed E-state index contributed by atoms with van der Waals surface area (Å²) in [4.78, 5) is 15.6. The van der Waals surface area contributed by atoms with Crippen molar-refractivity contribution in [1.29, 1.82) is 0 Å². The maximum absolute atomic E-state index is 13.5. The second kappa shape index (κ2) is 4.97. The zero-order valence-electron chi connectivity index (χ0n) is 11.0. The lowest BCUT2D eigenvalue weighted by Gasteiger charge is -2.08. The van der Waals surface area contributed by atoms with E-state index in [2.05, 4.69) is 20.5 Å². The van der Waals surface area contributed by atoms with Gasteiger partial charge in [-0.05, 0) is 25.1 Å². The number of rotatable bonds is 3. The highest BCUT2D eigenvalue weighted by Gasteiger charge is 2.08. The number of nitrogens with one attached hydrogen (secondary N) is 2. The van der Waals surface area contributed by atoms with Crippen LogP contribution in [0.4, 0.5) is 14.6 Å². The molecule has 0 radical (unpaired) electrons. The number of H-pyrrole nitrogens is 1. The van der Waals surface area contributed by atoms with Gasteiger partial charge in [-0.2, -0.15) is 5.10 Å². The van der Waals surface area contributed by atoms with E-state index in [0.717, 1.165) is 18.2 Å². The van der Waals surface area contributed by atoms with Crippen LogP contribution in [0.2, 0.25) is 0 Å². The van der Waals surface area contributed by atoms with Gasteiger partial charge >= 0.3 is 5.69 Å². The zero-order chi connectivity index (χ0) is 15.0. The number of hydrogen-bond donors (Lipinski definition) is 2. The number of nitrogens with zero attached hydrogens (tertiary/aromatic N) is 3. The van der Waals surface area contributed by atoms with E-state index in [4.69, 9.17) is 0 Å². The summed E-state index contributed by atoms with van der Waals surface area (Å²) in [5.41, 5.74) is 0.209. The molecule has 2 N–H and O–H groups in total. The van der Waals surface area contributed by atoms with Crippen molar-refractivity contribution in [2.24, 2.45) is 0 Å². The Morgan fingerprint density at radius 3 is 2.95 bits per heavy atom. The van der Waals surface area contributed by atoms with Crippen LogP contribution in [0.15, 0.2) is 29.1 Å².